The summed E-state index contributed by atoms with van der Waals surface area (Å²) < 4.78 is 81.9. The molecule has 0 atom stereocenters. The Morgan fingerprint density at radius 3 is 1.56 bits per heavy atom. The van der Waals surface area contributed by atoms with Crippen LogP contribution < -0.4 is 9.47 Å². The Bertz CT molecular complexity index is 1840. The van der Waals surface area contributed by atoms with Crippen LogP contribution in [-0.2, 0) is 0 Å². The van der Waals surface area contributed by atoms with Gasteiger partial charge in [-0.15, -0.1) is 0 Å². The summed E-state index contributed by atoms with van der Waals surface area (Å²) in [6.07, 6.45) is 5.11. The van der Waals surface area contributed by atoms with Gasteiger partial charge in [-0.3, -0.25) is 18.4 Å². The third-order valence-electron chi connectivity index (χ3n) is 9.46. The average Bonchev–Trinajstić information content (AvgIpc) is 3.10. The second-order valence-corrected chi connectivity index (χ2v) is 13.0. The molecule has 10 heteroatoms. The molecule has 0 radical (unpaired) electrons. The smallest absolute Gasteiger partial charge is 0.387 e. The second-order valence-electron chi connectivity index (χ2n) is 13.0. The first-order valence-electron chi connectivity index (χ1n) is 17.1. The molecule has 2 aliphatic carbocycles. The van der Waals surface area contributed by atoms with Crippen LogP contribution in [0.4, 0.5) is 26.3 Å². The van der Waals surface area contributed by atoms with Gasteiger partial charge in [0.15, 0.2) is 0 Å². The lowest BCUT2D eigenvalue weighted by molar-refractivity contribution is -0.0505. The van der Waals surface area contributed by atoms with Crippen LogP contribution in [0.25, 0.3) is 0 Å². The standard InChI is InChI=1S/C21H19F3O3.C21H19F3O/c22-9-8-13-10-17(11-13)15-2-1-3-16(12-15)20(26)19(25)14-4-6-18(7-5-14)27-21(23)24;22-11-10-17-13-19(14-17)18-3-1-2-16(12-18)5-4-15-6-8-20(9-7-15)25-21(23)24/h1-7,12-13,17,21H,8-11H2;1-3,6-9,12,17,19,21H,10-11,13-14H2. The molecule has 0 spiro atoms. The quantitative estimate of drug-likeness (QED) is 0.0597. The van der Waals surface area contributed by atoms with Crippen LogP contribution in [-0.4, -0.2) is 38.1 Å². The minimum Gasteiger partial charge on any atom is -0.435 e. The fourth-order valence-electron chi connectivity index (χ4n) is 6.51. The lowest BCUT2D eigenvalue weighted by Crippen LogP contribution is -2.23. The fourth-order valence-corrected chi connectivity index (χ4v) is 6.51. The van der Waals surface area contributed by atoms with Gasteiger partial charge in [-0.05, 0) is 140 Å². The molecule has 52 heavy (non-hydrogen) atoms. The Labute approximate surface area is 299 Å². The lowest BCUT2D eigenvalue weighted by Gasteiger charge is -2.35. The second kappa shape index (κ2) is 18.5. The van der Waals surface area contributed by atoms with Crippen LogP contribution in [0.3, 0.4) is 0 Å². The number of hydrogen-bond donors (Lipinski definition) is 0. The minimum absolute atomic E-state index is 0.0798. The molecule has 0 amide bonds. The molecule has 4 nitrogen and oxygen atoms in total. The van der Waals surface area contributed by atoms with Crippen LogP contribution in [0.5, 0.6) is 11.5 Å². The average molecular weight is 721 g/mol. The van der Waals surface area contributed by atoms with Gasteiger partial charge >= 0.3 is 13.2 Å². The predicted molar refractivity (Wildman–Crippen MR) is 186 cm³/mol. The van der Waals surface area contributed by atoms with E-state index in [0.29, 0.717) is 36.2 Å². The Morgan fingerprint density at radius 1 is 0.577 bits per heavy atom. The van der Waals surface area contributed by atoms with Gasteiger partial charge in [0.25, 0.3) is 0 Å². The zero-order chi connectivity index (χ0) is 37.0. The summed E-state index contributed by atoms with van der Waals surface area (Å²) in [7, 11) is 0. The van der Waals surface area contributed by atoms with E-state index in [1.54, 1.807) is 30.3 Å². The highest BCUT2D eigenvalue weighted by molar-refractivity contribution is 6.49. The van der Waals surface area contributed by atoms with E-state index in [-0.39, 0.29) is 36.3 Å². The molecule has 2 aliphatic rings. The SMILES string of the molecule is FCCC1CC(c2cccc(C#Cc3ccc(OC(F)F)cc3)c2)C1.O=C(C(=O)c1cccc(C2CC(CCF)C2)c1)c1ccc(OC(F)F)cc1. The van der Waals surface area contributed by atoms with Crippen molar-refractivity contribution in [1.82, 2.24) is 0 Å². The van der Waals surface area contributed by atoms with Crippen molar-refractivity contribution in [2.75, 3.05) is 13.3 Å². The maximum atomic E-state index is 12.5. The van der Waals surface area contributed by atoms with Gasteiger partial charge in [-0.25, -0.2) is 0 Å². The molecule has 4 aromatic carbocycles. The maximum absolute atomic E-state index is 12.5. The molecule has 0 bridgehead atoms. The number of carbonyl (C=O) groups is 2. The third-order valence-corrected chi connectivity index (χ3v) is 9.46. The van der Waals surface area contributed by atoms with Gasteiger partial charge in [0.1, 0.15) is 11.5 Å². The van der Waals surface area contributed by atoms with E-state index in [1.165, 1.54) is 42.0 Å². The highest BCUT2D eigenvalue weighted by Crippen LogP contribution is 2.44. The van der Waals surface area contributed by atoms with Crippen molar-refractivity contribution in [2.45, 2.75) is 63.6 Å². The van der Waals surface area contributed by atoms with Crippen molar-refractivity contribution < 1.29 is 45.4 Å². The molecule has 2 saturated carbocycles. The number of rotatable bonds is 13. The van der Waals surface area contributed by atoms with E-state index in [0.717, 1.165) is 42.4 Å². The Kier molecular flexibility index (Phi) is 13.6. The molecule has 0 aliphatic heterocycles. The van der Waals surface area contributed by atoms with Crippen LogP contribution >= 0.6 is 0 Å². The number of ketones is 2. The van der Waals surface area contributed by atoms with Gasteiger partial charge in [0, 0.05) is 22.3 Å². The number of ether oxygens (including phenoxy) is 2. The number of Topliss-reactive ketones (excluding diaryl/α,β-unsaturated/α-hetero) is 2. The normalized spacial score (nSPS) is 18.9. The van der Waals surface area contributed by atoms with E-state index in [9.17, 15) is 35.9 Å². The molecule has 0 N–H and O–H groups in total. The first-order chi connectivity index (χ1) is 25.1. The van der Waals surface area contributed by atoms with E-state index in [1.807, 2.05) is 18.2 Å². The summed E-state index contributed by atoms with van der Waals surface area (Å²) >= 11 is 0. The van der Waals surface area contributed by atoms with Crippen molar-refractivity contribution in [2.24, 2.45) is 11.8 Å². The van der Waals surface area contributed by atoms with Gasteiger partial charge in [-0.1, -0.05) is 42.2 Å². The summed E-state index contributed by atoms with van der Waals surface area (Å²) in [6, 6.07) is 26.3. The number of halogens is 6. The van der Waals surface area contributed by atoms with Crippen molar-refractivity contribution in [3.63, 3.8) is 0 Å². The molecule has 4 aromatic rings. The van der Waals surface area contributed by atoms with Gasteiger partial charge in [0.05, 0.1) is 13.3 Å². The van der Waals surface area contributed by atoms with Crippen LogP contribution in [0.15, 0.2) is 97.1 Å². The van der Waals surface area contributed by atoms with Crippen LogP contribution in [0.1, 0.15) is 93.3 Å². The third kappa shape index (κ3) is 10.7. The Morgan fingerprint density at radius 2 is 1.04 bits per heavy atom. The number of alkyl halides is 6. The number of carbonyl (C=O) groups excluding carboxylic acids is 2. The molecule has 6 rings (SSSR count). The monoisotopic (exact) mass is 720 g/mol. The van der Waals surface area contributed by atoms with E-state index in [4.69, 9.17) is 0 Å². The molecule has 2 fully saturated rings. The molecule has 272 valence electrons. The molecule has 0 aromatic heterocycles. The predicted octanol–water partition coefficient (Wildman–Crippen LogP) is 10.7. The number of hydrogen-bond acceptors (Lipinski definition) is 4. The first kappa shape index (κ1) is 38.2. The largest absolute Gasteiger partial charge is 0.435 e. The molecule has 0 unspecified atom stereocenters. The molecular weight excluding hydrogens is 682 g/mol. The van der Waals surface area contributed by atoms with Gasteiger partial charge < -0.3 is 9.47 Å². The van der Waals surface area contributed by atoms with Crippen molar-refractivity contribution in [3.8, 4) is 23.3 Å². The molecular formula is C42H38F6O4. The van der Waals surface area contributed by atoms with Crippen molar-refractivity contribution in [1.29, 1.82) is 0 Å². The maximum Gasteiger partial charge on any atom is 0.387 e. The Hall–Kier alpha value is -5.04. The highest BCUT2D eigenvalue weighted by atomic mass is 19.3. The van der Waals surface area contributed by atoms with Crippen molar-refractivity contribution >= 4 is 11.6 Å². The fraction of sp³-hybridized carbons (Fsp3) is 0.333. The summed E-state index contributed by atoms with van der Waals surface area (Å²) in [6.45, 7) is -6.32. The summed E-state index contributed by atoms with van der Waals surface area (Å²) in [4.78, 5) is 24.9. The van der Waals surface area contributed by atoms with E-state index < -0.39 is 24.8 Å². The summed E-state index contributed by atoms with van der Waals surface area (Å²) in [5.41, 5.74) is 4.28. The van der Waals surface area contributed by atoms with Crippen molar-refractivity contribution in [3.05, 3.63) is 130 Å². The minimum atomic E-state index is -2.95. The summed E-state index contributed by atoms with van der Waals surface area (Å²) in [5, 5.41) is 0. The van der Waals surface area contributed by atoms with Gasteiger partial charge in [-0.2, -0.15) is 17.6 Å². The molecule has 0 saturated heterocycles. The van der Waals surface area contributed by atoms with Crippen LogP contribution in [0, 0.1) is 23.7 Å². The summed E-state index contributed by atoms with van der Waals surface area (Å²) in [5.74, 6) is 6.50. The van der Waals surface area contributed by atoms with Gasteiger partial charge in [0.2, 0.25) is 11.6 Å². The van der Waals surface area contributed by atoms with E-state index in [2.05, 4.69) is 33.4 Å². The topological polar surface area (TPSA) is 52.6 Å². The Balaban J connectivity index is 0.000000202. The molecule has 0 heterocycles. The highest BCUT2D eigenvalue weighted by Gasteiger charge is 2.31. The zero-order valence-corrected chi connectivity index (χ0v) is 28.3. The lowest BCUT2D eigenvalue weighted by atomic mass is 9.70. The zero-order valence-electron chi connectivity index (χ0n) is 28.3. The van der Waals surface area contributed by atoms with E-state index >= 15 is 0 Å². The number of benzene rings is 4. The van der Waals surface area contributed by atoms with Crippen LogP contribution in [0.2, 0.25) is 0 Å². The first-order valence-corrected chi connectivity index (χ1v) is 17.1.